The normalized spacial score (nSPS) is 9.30. The Morgan fingerprint density at radius 2 is 2.50 bits per heavy atom. The van der Waals surface area contributed by atoms with E-state index < -0.39 is 0 Å². The number of nitriles is 1. The van der Waals surface area contributed by atoms with Crippen LogP contribution in [0.3, 0.4) is 0 Å². The Bertz CT molecular complexity index is 272. The number of hydrogen-bond acceptors (Lipinski definition) is 3. The lowest BCUT2D eigenvalue weighted by molar-refractivity contribution is 0.620. The van der Waals surface area contributed by atoms with Crippen molar-refractivity contribution in [1.82, 2.24) is 15.0 Å². The second kappa shape index (κ2) is 2.67. The van der Waals surface area contributed by atoms with Gasteiger partial charge in [-0.25, -0.2) is 4.68 Å². The number of hydrogen-bond donors (Lipinski definition) is 0. The molecule has 0 aliphatic rings. The average Bonchev–Trinajstić information content (AvgIpc) is 2.30. The topological polar surface area (TPSA) is 54.5 Å². The van der Waals surface area contributed by atoms with Gasteiger partial charge in [-0.3, -0.25) is 0 Å². The van der Waals surface area contributed by atoms with Crippen LogP contribution in [0.15, 0.2) is 0 Å². The maximum Gasteiger partial charge on any atom is 0.189 e. The fourth-order valence-electron chi connectivity index (χ4n) is 0.617. The van der Waals surface area contributed by atoms with E-state index in [0.717, 1.165) is 0 Å². The first-order valence-corrected chi connectivity index (χ1v) is 3.16. The first kappa shape index (κ1) is 7.03. The highest BCUT2D eigenvalue weighted by Gasteiger charge is 2.06. The van der Waals surface area contributed by atoms with E-state index in [0.29, 0.717) is 12.2 Å². The summed E-state index contributed by atoms with van der Waals surface area (Å²) >= 11 is 5.51. The molecule has 0 aliphatic heterocycles. The fourth-order valence-corrected chi connectivity index (χ4v) is 0.791. The van der Waals surface area contributed by atoms with E-state index in [4.69, 9.17) is 16.9 Å². The van der Waals surface area contributed by atoms with Crippen molar-refractivity contribution in [3.63, 3.8) is 0 Å². The molecule has 52 valence electrons. The van der Waals surface area contributed by atoms with E-state index in [1.165, 1.54) is 4.68 Å². The van der Waals surface area contributed by atoms with Crippen molar-refractivity contribution in [3.05, 3.63) is 10.8 Å². The molecule has 0 radical (unpaired) electrons. The van der Waals surface area contributed by atoms with Gasteiger partial charge in [0.05, 0.1) is 0 Å². The van der Waals surface area contributed by atoms with Crippen LogP contribution in [0.1, 0.15) is 12.6 Å². The molecule has 0 spiro atoms. The predicted molar refractivity (Wildman–Crippen MR) is 35.4 cm³/mol. The molecule has 0 bridgehead atoms. The molecule has 1 aromatic rings. The summed E-state index contributed by atoms with van der Waals surface area (Å²) in [6.07, 6.45) is 0. The van der Waals surface area contributed by atoms with Crippen LogP contribution in [0.25, 0.3) is 0 Å². The Hall–Kier alpha value is -1.08. The van der Waals surface area contributed by atoms with Crippen molar-refractivity contribution in [2.75, 3.05) is 0 Å². The van der Waals surface area contributed by atoms with E-state index in [1.807, 2.05) is 13.0 Å². The molecule has 0 N–H and O–H groups in total. The van der Waals surface area contributed by atoms with Crippen molar-refractivity contribution in [2.24, 2.45) is 0 Å². The molecule has 5 heteroatoms. The van der Waals surface area contributed by atoms with Crippen molar-refractivity contribution >= 4 is 11.6 Å². The van der Waals surface area contributed by atoms with E-state index in [1.54, 1.807) is 0 Å². The van der Waals surface area contributed by atoms with Crippen LogP contribution in [-0.2, 0) is 6.54 Å². The van der Waals surface area contributed by atoms with Crippen molar-refractivity contribution in [1.29, 1.82) is 5.26 Å². The van der Waals surface area contributed by atoms with E-state index >= 15 is 0 Å². The van der Waals surface area contributed by atoms with Crippen LogP contribution >= 0.6 is 11.6 Å². The van der Waals surface area contributed by atoms with Crippen LogP contribution in [0.2, 0.25) is 5.15 Å². The monoisotopic (exact) mass is 156 g/mol. The van der Waals surface area contributed by atoms with Crippen molar-refractivity contribution < 1.29 is 0 Å². The van der Waals surface area contributed by atoms with Gasteiger partial charge in [0.2, 0.25) is 0 Å². The summed E-state index contributed by atoms with van der Waals surface area (Å²) in [5.74, 6) is 0. The molecule has 4 nitrogen and oxygen atoms in total. The standard InChI is InChI=1S/C5H5ClN4/c1-2-10-4(3-7)5(6)8-9-10/h2H2,1H3. The van der Waals surface area contributed by atoms with Gasteiger partial charge in [0.15, 0.2) is 10.8 Å². The molecule has 1 heterocycles. The summed E-state index contributed by atoms with van der Waals surface area (Å²) in [5, 5.41) is 15.8. The Labute approximate surface area is 63.0 Å². The smallest absolute Gasteiger partial charge is 0.189 e. The summed E-state index contributed by atoms with van der Waals surface area (Å²) in [5.41, 5.74) is 0.323. The Balaban J connectivity index is 3.17. The predicted octanol–water partition coefficient (Wildman–Crippen LogP) is 0.823. The third kappa shape index (κ3) is 0.957. The highest BCUT2D eigenvalue weighted by atomic mass is 35.5. The fraction of sp³-hybridized carbons (Fsp3) is 0.400. The highest BCUT2D eigenvalue weighted by molar-refractivity contribution is 6.30. The maximum atomic E-state index is 8.48. The lowest BCUT2D eigenvalue weighted by atomic mass is 10.5. The lowest BCUT2D eigenvalue weighted by Gasteiger charge is -1.91. The lowest BCUT2D eigenvalue weighted by Crippen LogP contribution is -1.99. The van der Waals surface area contributed by atoms with Gasteiger partial charge >= 0.3 is 0 Å². The van der Waals surface area contributed by atoms with Gasteiger partial charge in [0.1, 0.15) is 6.07 Å². The Morgan fingerprint density at radius 3 is 2.90 bits per heavy atom. The van der Waals surface area contributed by atoms with E-state index in [9.17, 15) is 0 Å². The van der Waals surface area contributed by atoms with Gasteiger partial charge in [0, 0.05) is 6.54 Å². The molecule has 0 amide bonds. The van der Waals surface area contributed by atoms with Gasteiger partial charge in [0.25, 0.3) is 0 Å². The minimum atomic E-state index is 0.171. The minimum Gasteiger partial charge on any atom is -0.233 e. The largest absolute Gasteiger partial charge is 0.233 e. The quantitative estimate of drug-likeness (QED) is 0.605. The zero-order valence-electron chi connectivity index (χ0n) is 5.37. The maximum absolute atomic E-state index is 8.48. The molecule has 0 saturated heterocycles. The van der Waals surface area contributed by atoms with Gasteiger partial charge in [-0.15, -0.1) is 5.10 Å². The SMILES string of the molecule is CCn1nnc(Cl)c1C#N. The summed E-state index contributed by atoms with van der Waals surface area (Å²) in [7, 11) is 0. The third-order valence-corrected chi connectivity index (χ3v) is 1.35. The number of aromatic nitrogens is 3. The van der Waals surface area contributed by atoms with Crippen LogP contribution in [0.4, 0.5) is 0 Å². The molecule has 0 unspecified atom stereocenters. The third-order valence-electron chi connectivity index (χ3n) is 1.10. The second-order valence-corrected chi connectivity index (χ2v) is 2.01. The highest BCUT2D eigenvalue weighted by Crippen LogP contribution is 2.08. The summed E-state index contributed by atoms with van der Waals surface area (Å²) in [6, 6.07) is 1.90. The first-order chi connectivity index (χ1) is 4.79. The molecule has 10 heavy (non-hydrogen) atoms. The zero-order chi connectivity index (χ0) is 7.56. The summed E-state index contributed by atoms with van der Waals surface area (Å²) in [4.78, 5) is 0. The number of rotatable bonds is 1. The van der Waals surface area contributed by atoms with Crippen molar-refractivity contribution in [3.8, 4) is 6.07 Å². The van der Waals surface area contributed by atoms with Gasteiger partial charge in [-0.05, 0) is 6.92 Å². The molecule has 0 aromatic carbocycles. The molecule has 0 aliphatic carbocycles. The average molecular weight is 157 g/mol. The van der Waals surface area contributed by atoms with Gasteiger partial charge in [-0.1, -0.05) is 16.8 Å². The molecule has 0 fully saturated rings. The van der Waals surface area contributed by atoms with Crippen molar-refractivity contribution in [2.45, 2.75) is 13.5 Å². The van der Waals surface area contributed by atoms with Crippen LogP contribution in [0, 0.1) is 11.3 Å². The molecular formula is C5H5ClN4. The molecule has 1 rings (SSSR count). The van der Waals surface area contributed by atoms with Crippen LogP contribution < -0.4 is 0 Å². The zero-order valence-corrected chi connectivity index (χ0v) is 6.13. The van der Waals surface area contributed by atoms with E-state index in [2.05, 4.69) is 10.3 Å². The molecule has 1 aromatic heterocycles. The molecule has 0 saturated carbocycles. The van der Waals surface area contributed by atoms with Crippen LogP contribution in [-0.4, -0.2) is 15.0 Å². The summed E-state index contributed by atoms with van der Waals surface area (Å²) in [6.45, 7) is 2.48. The number of halogens is 1. The van der Waals surface area contributed by atoms with E-state index in [-0.39, 0.29) is 5.15 Å². The Morgan fingerprint density at radius 1 is 1.80 bits per heavy atom. The Kier molecular flexibility index (Phi) is 1.88. The second-order valence-electron chi connectivity index (χ2n) is 1.66. The van der Waals surface area contributed by atoms with Gasteiger partial charge in [-0.2, -0.15) is 5.26 Å². The molecule has 0 atom stereocenters. The van der Waals surface area contributed by atoms with Gasteiger partial charge < -0.3 is 0 Å². The number of nitrogens with zero attached hydrogens (tertiary/aromatic N) is 4. The number of aryl methyl sites for hydroxylation is 1. The molecular weight excluding hydrogens is 152 g/mol. The minimum absolute atomic E-state index is 0.171. The summed E-state index contributed by atoms with van der Waals surface area (Å²) < 4.78 is 1.45. The first-order valence-electron chi connectivity index (χ1n) is 2.78. The van der Waals surface area contributed by atoms with Crippen LogP contribution in [0.5, 0.6) is 0 Å².